The van der Waals surface area contributed by atoms with Crippen LogP contribution < -0.4 is 5.32 Å². The van der Waals surface area contributed by atoms with Crippen LogP contribution >= 0.6 is 11.3 Å². The van der Waals surface area contributed by atoms with Gasteiger partial charge < -0.3 is 14.6 Å². The first kappa shape index (κ1) is 13.3. The summed E-state index contributed by atoms with van der Waals surface area (Å²) in [6, 6.07) is 1.80. The minimum atomic E-state index is -0.0739. The van der Waals surface area contributed by atoms with Gasteiger partial charge in [-0.2, -0.15) is 16.3 Å². The molecule has 3 rings (SSSR count). The predicted octanol–water partition coefficient (Wildman–Crippen LogP) is 1.61. The van der Waals surface area contributed by atoms with Gasteiger partial charge in [0.2, 0.25) is 5.89 Å². The number of aromatic nitrogens is 2. The van der Waals surface area contributed by atoms with Crippen molar-refractivity contribution in [2.24, 2.45) is 0 Å². The van der Waals surface area contributed by atoms with E-state index in [0.717, 1.165) is 13.0 Å². The SMILES string of the molecule is O=C(NCCc1nc(C2CCOC2)no1)c1ccsc1. The Kier molecular flexibility index (Phi) is 4.08. The van der Waals surface area contributed by atoms with Crippen LogP contribution in [0.15, 0.2) is 21.3 Å². The van der Waals surface area contributed by atoms with Crippen molar-refractivity contribution in [3.8, 4) is 0 Å². The number of nitrogens with one attached hydrogen (secondary N) is 1. The standard InChI is InChI=1S/C13H15N3O3S/c17-13(10-3-6-20-8-10)14-4-1-11-15-12(16-19-11)9-2-5-18-7-9/h3,6,8-9H,1-2,4-5,7H2,(H,14,17). The summed E-state index contributed by atoms with van der Waals surface area (Å²) in [5, 5.41) is 10.5. The summed E-state index contributed by atoms with van der Waals surface area (Å²) >= 11 is 1.50. The first-order chi connectivity index (χ1) is 9.83. The lowest BCUT2D eigenvalue weighted by Crippen LogP contribution is -2.25. The van der Waals surface area contributed by atoms with E-state index in [4.69, 9.17) is 9.26 Å². The monoisotopic (exact) mass is 293 g/mol. The molecular formula is C13H15N3O3S. The maximum Gasteiger partial charge on any atom is 0.252 e. The smallest absolute Gasteiger partial charge is 0.252 e. The van der Waals surface area contributed by atoms with Crippen LogP contribution in [-0.2, 0) is 11.2 Å². The van der Waals surface area contributed by atoms with Gasteiger partial charge in [-0.25, -0.2) is 0 Å². The van der Waals surface area contributed by atoms with Crippen molar-refractivity contribution in [1.82, 2.24) is 15.5 Å². The third-order valence-electron chi connectivity index (χ3n) is 3.19. The number of hydrogen-bond donors (Lipinski definition) is 1. The average molecular weight is 293 g/mol. The fraction of sp³-hybridized carbons (Fsp3) is 0.462. The zero-order valence-corrected chi connectivity index (χ0v) is 11.7. The molecule has 1 aliphatic heterocycles. The molecule has 3 heterocycles. The molecule has 1 amide bonds. The van der Waals surface area contributed by atoms with E-state index in [1.807, 2.05) is 10.8 Å². The van der Waals surface area contributed by atoms with E-state index in [2.05, 4.69) is 15.5 Å². The lowest BCUT2D eigenvalue weighted by Gasteiger charge is -2.00. The van der Waals surface area contributed by atoms with Gasteiger partial charge in [-0.1, -0.05) is 5.16 Å². The van der Waals surface area contributed by atoms with Crippen molar-refractivity contribution in [2.45, 2.75) is 18.8 Å². The molecule has 0 radical (unpaired) electrons. The van der Waals surface area contributed by atoms with Crippen LogP contribution in [0.2, 0.25) is 0 Å². The number of thiophene rings is 1. The molecular weight excluding hydrogens is 278 g/mol. The van der Waals surface area contributed by atoms with Gasteiger partial charge in [-0.3, -0.25) is 4.79 Å². The molecule has 0 saturated carbocycles. The largest absolute Gasteiger partial charge is 0.381 e. The predicted molar refractivity (Wildman–Crippen MR) is 72.8 cm³/mol. The van der Waals surface area contributed by atoms with E-state index in [-0.39, 0.29) is 11.8 Å². The highest BCUT2D eigenvalue weighted by atomic mass is 32.1. The topological polar surface area (TPSA) is 77.2 Å². The van der Waals surface area contributed by atoms with Crippen LogP contribution in [0.5, 0.6) is 0 Å². The highest BCUT2D eigenvalue weighted by Gasteiger charge is 2.22. The fourth-order valence-electron chi connectivity index (χ4n) is 2.05. The summed E-state index contributed by atoms with van der Waals surface area (Å²) < 4.78 is 10.5. The zero-order valence-electron chi connectivity index (χ0n) is 10.9. The summed E-state index contributed by atoms with van der Waals surface area (Å²) in [5.41, 5.74) is 0.685. The van der Waals surface area contributed by atoms with Crippen LogP contribution in [0.3, 0.4) is 0 Å². The Morgan fingerprint density at radius 1 is 1.55 bits per heavy atom. The number of amides is 1. The van der Waals surface area contributed by atoms with Gasteiger partial charge in [0, 0.05) is 36.4 Å². The summed E-state index contributed by atoms with van der Waals surface area (Å²) in [7, 11) is 0. The van der Waals surface area contributed by atoms with Gasteiger partial charge in [0.05, 0.1) is 6.61 Å². The lowest BCUT2D eigenvalue weighted by molar-refractivity contribution is 0.0954. The third-order valence-corrected chi connectivity index (χ3v) is 3.87. The quantitative estimate of drug-likeness (QED) is 0.906. The Balaban J connectivity index is 1.48. The Morgan fingerprint density at radius 2 is 2.50 bits per heavy atom. The van der Waals surface area contributed by atoms with Gasteiger partial charge in [-0.15, -0.1) is 0 Å². The molecule has 1 aliphatic rings. The molecule has 1 saturated heterocycles. The number of carbonyl (C=O) groups is 1. The van der Waals surface area contributed by atoms with Crippen molar-refractivity contribution in [1.29, 1.82) is 0 Å². The maximum atomic E-state index is 11.7. The molecule has 2 aromatic heterocycles. The van der Waals surface area contributed by atoms with Crippen LogP contribution in [0.4, 0.5) is 0 Å². The number of hydrogen-bond acceptors (Lipinski definition) is 6. The van der Waals surface area contributed by atoms with E-state index in [1.165, 1.54) is 11.3 Å². The number of ether oxygens (including phenoxy) is 1. The molecule has 1 unspecified atom stereocenters. The molecule has 0 spiro atoms. The molecule has 1 fully saturated rings. The second-order valence-electron chi connectivity index (χ2n) is 4.62. The second-order valence-corrected chi connectivity index (χ2v) is 5.40. The summed E-state index contributed by atoms with van der Waals surface area (Å²) in [4.78, 5) is 16.1. The van der Waals surface area contributed by atoms with Crippen molar-refractivity contribution in [3.63, 3.8) is 0 Å². The van der Waals surface area contributed by atoms with Crippen LogP contribution in [0, 0.1) is 0 Å². The van der Waals surface area contributed by atoms with Crippen LogP contribution in [-0.4, -0.2) is 35.8 Å². The van der Waals surface area contributed by atoms with Crippen molar-refractivity contribution >= 4 is 17.2 Å². The molecule has 2 aromatic rings. The summed E-state index contributed by atoms with van der Waals surface area (Å²) in [6.07, 6.45) is 1.48. The highest BCUT2D eigenvalue weighted by molar-refractivity contribution is 7.08. The Labute approximate surface area is 120 Å². The van der Waals surface area contributed by atoms with Crippen LogP contribution in [0.1, 0.15) is 34.4 Å². The van der Waals surface area contributed by atoms with Gasteiger partial charge in [-0.05, 0) is 17.9 Å². The van der Waals surface area contributed by atoms with E-state index in [0.29, 0.717) is 36.9 Å². The highest BCUT2D eigenvalue weighted by Crippen LogP contribution is 2.22. The van der Waals surface area contributed by atoms with Crippen molar-refractivity contribution in [3.05, 3.63) is 34.1 Å². The molecule has 1 N–H and O–H groups in total. The minimum Gasteiger partial charge on any atom is -0.381 e. The Morgan fingerprint density at radius 3 is 3.25 bits per heavy atom. The molecule has 0 aromatic carbocycles. The Hall–Kier alpha value is -1.73. The van der Waals surface area contributed by atoms with Gasteiger partial charge in [0.15, 0.2) is 5.82 Å². The van der Waals surface area contributed by atoms with E-state index >= 15 is 0 Å². The Bertz CT molecular complexity index is 561. The molecule has 20 heavy (non-hydrogen) atoms. The number of carbonyl (C=O) groups excluding carboxylic acids is 1. The van der Waals surface area contributed by atoms with E-state index < -0.39 is 0 Å². The summed E-state index contributed by atoms with van der Waals surface area (Å²) in [5.74, 6) is 1.43. The zero-order chi connectivity index (χ0) is 13.8. The third kappa shape index (κ3) is 3.05. The molecule has 7 heteroatoms. The fourth-order valence-corrected chi connectivity index (χ4v) is 2.69. The second kappa shape index (κ2) is 6.15. The van der Waals surface area contributed by atoms with E-state index in [1.54, 1.807) is 6.07 Å². The normalized spacial score (nSPS) is 18.3. The molecule has 1 atom stereocenters. The maximum absolute atomic E-state index is 11.7. The van der Waals surface area contributed by atoms with E-state index in [9.17, 15) is 4.79 Å². The van der Waals surface area contributed by atoms with Crippen molar-refractivity contribution in [2.75, 3.05) is 19.8 Å². The minimum absolute atomic E-state index is 0.0739. The number of nitrogens with zero attached hydrogens (tertiary/aromatic N) is 2. The first-order valence-electron chi connectivity index (χ1n) is 6.53. The molecule has 0 bridgehead atoms. The van der Waals surface area contributed by atoms with Crippen LogP contribution in [0.25, 0.3) is 0 Å². The summed E-state index contributed by atoms with van der Waals surface area (Å²) in [6.45, 7) is 1.90. The van der Waals surface area contributed by atoms with Gasteiger partial charge >= 0.3 is 0 Å². The number of rotatable bonds is 5. The van der Waals surface area contributed by atoms with Gasteiger partial charge in [0.25, 0.3) is 5.91 Å². The lowest BCUT2D eigenvalue weighted by atomic mass is 10.1. The average Bonchev–Trinajstić information content (AvgIpc) is 3.20. The van der Waals surface area contributed by atoms with Gasteiger partial charge in [0.1, 0.15) is 0 Å². The first-order valence-corrected chi connectivity index (χ1v) is 7.48. The van der Waals surface area contributed by atoms with Crippen molar-refractivity contribution < 1.29 is 14.1 Å². The molecule has 106 valence electrons. The molecule has 0 aliphatic carbocycles. The molecule has 6 nitrogen and oxygen atoms in total.